The number of amides is 1. The van der Waals surface area contributed by atoms with Gasteiger partial charge in [0.05, 0.1) is 4.90 Å². The normalized spacial score (nSPS) is 17.6. The van der Waals surface area contributed by atoms with Gasteiger partial charge in [-0.3, -0.25) is 9.69 Å². The average molecular weight is 428 g/mol. The summed E-state index contributed by atoms with van der Waals surface area (Å²) in [4.78, 5) is 15.3. The van der Waals surface area contributed by atoms with Crippen LogP contribution in [0.25, 0.3) is 0 Å². The van der Waals surface area contributed by atoms with Gasteiger partial charge < -0.3 is 5.32 Å². The Balaban J connectivity index is 1.41. The molecule has 1 saturated heterocycles. The smallest absolute Gasteiger partial charge is 0.251 e. The Hall–Kier alpha value is -2.22. The summed E-state index contributed by atoms with van der Waals surface area (Å²) in [6.07, 6.45) is 5.53. The molecule has 6 nitrogen and oxygen atoms in total. The lowest BCUT2D eigenvalue weighted by atomic mass is 10.0. The van der Waals surface area contributed by atoms with E-state index in [1.807, 2.05) is 18.2 Å². The van der Waals surface area contributed by atoms with Gasteiger partial charge in [0.2, 0.25) is 10.0 Å². The Kier molecular flexibility index (Phi) is 6.51. The second-order valence-electron chi connectivity index (χ2n) is 8.21. The summed E-state index contributed by atoms with van der Waals surface area (Å²) in [6.45, 7) is 3.56. The molecule has 0 unspecified atom stereocenters. The van der Waals surface area contributed by atoms with Crippen LogP contribution < -0.4 is 10.0 Å². The molecule has 2 N–H and O–H groups in total. The first-order chi connectivity index (χ1) is 14.5. The summed E-state index contributed by atoms with van der Waals surface area (Å²) >= 11 is 0. The maximum atomic E-state index is 12.7. The highest BCUT2D eigenvalue weighted by Crippen LogP contribution is 2.22. The van der Waals surface area contributed by atoms with Gasteiger partial charge in [-0.15, -0.1) is 0 Å². The summed E-state index contributed by atoms with van der Waals surface area (Å²) in [7, 11) is -3.58. The molecule has 2 aromatic carbocycles. The van der Waals surface area contributed by atoms with E-state index in [1.54, 1.807) is 12.1 Å². The standard InChI is InChI=1S/C23H29N3O3S/c27-23(18-9-6-10-22(15-18)30(28,29)25-21-11-12-21)24-16-19-7-2-3-8-20(19)17-26-13-4-1-5-14-26/h2-3,6-10,15,21,25H,1,4-5,11-14,16-17H2,(H,24,27). The minimum absolute atomic E-state index is 0.0314. The third-order valence-corrected chi connectivity index (χ3v) is 7.22. The number of likely N-dealkylation sites (tertiary alicyclic amines) is 1. The maximum Gasteiger partial charge on any atom is 0.251 e. The molecule has 0 aromatic heterocycles. The number of nitrogens with one attached hydrogen (secondary N) is 2. The van der Waals surface area contributed by atoms with Crippen LogP contribution in [0.2, 0.25) is 0 Å². The van der Waals surface area contributed by atoms with E-state index < -0.39 is 10.0 Å². The second kappa shape index (κ2) is 9.29. The first kappa shape index (κ1) is 21.0. The zero-order valence-electron chi connectivity index (χ0n) is 17.1. The van der Waals surface area contributed by atoms with Crippen molar-refractivity contribution in [1.29, 1.82) is 0 Å². The molecule has 1 aliphatic heterocycles. The van der Waals surface area contributed by atoms with Crippen molar-refractivity contribution in [3.05, 3.63) is 65.2 Å². The van der Waals surface area contributed by atoms with Crippen LogP contribution in [0.4, 0.5) is 0 Å². The van der Waals surface area contributed by atoms with Crippen molar-refractivity contribution in [2.75, 3.05) is 13.1 Å². The number of sulfonamides is 1. The second-order valence-corrected chi connectivity index (χ2v) is 9.93. The van der Waals surface area contributed by atoms with Crippen molar-refractivity contribution in [3.63, 3.8) is 0 Å². The molecule has 0 atom stereocenters. The van der Waals surface area contributed by atoms with Gasteiger partial charge in [-0.25, -0.2) is 13.1 Å². The van der Waals surface area contributed by atoms with E-state index in [2.05, 4.69) is 21.0 Å². The summed E-state index contributed by atoms with van der Waals surface area (Å²) in [5.74, 6) is -0.272. The topological polar surface area (TPSA) is 78.5 Å². The van der Waals surface area contributed by atoms with Crippen molar-refractivity contribution in [2.24, 2.45) is 0 Å². The van der Waals surface area contributed by atoms with Crippen LogP contribution >= 0.6 is 0 Å². The van der Waals surface area contributed by atoms with Crippen molar-refractivity contribution in [1.82, 2.24) is 14.9 Å². The van der Waals surface area contributed by atoms with Crippen LogP contribution in [0.3, 0.4) is 0 Å². The summed E-state index contributed by atoms with van der Waals surface area (Å²) in [5.41, 5.74) is 2.67. The minimum Gasteiger partial charge on any atom is -0.348 e. The molecule has 1 amide bonds. The largest absolute Gasteiger partial charge is 0.348 e. The van der Waals surface area contributed by atoms with E-state index in [0.29, 0.717) is 12.1 Å². The summed E-state index contributed by atoms with van der Waals surface area (Å²) < 4.78 is 27.5. The number of nitrogens with zero attached hydrogens (tertiary/aromatic N) is 1. The van der Waals surface area contributed by atoms with Gasteiger partial charge in [-0.05, 0) is 68.1 Å². The van der Waals surface area contributed by atoms with Gasteiger partial charge in [-0.2, -0.15) is 0 Å². The van der Waals surface area contributed by atoms with Gasteiger partial charge in [-0.1, -0.05) is 36.8 Å². The number of carbonyl (C=O) groups is 1. The SMILES string of the molecule is O=C(NCc1ccccc1CN1CCCCC1)c1cccc(S(=O)(=O)NC2CC2)c1. The predicted molar refractivity (Wildman–Crippen MR) is 117 cm³/mol. The van der Waals surface area contributed by atoms with Crippen LogP contribution in [0.15, 0.2) is 53.4 Å². The fraction of sp³-hybridized carbons (Fsp3) is 0.435. The molecule has 0 spiro atoms. The Labute approximate surface area is 178 Å². The number of hydrogen-bond donors (Lipinski definition) is 2. The lowest BCUT2D eigenvalue weighted by Gasteiger charge is -2.27. The van der Waals surface area contributed by atoms with Crippen molar-refractivity contribution in [2.45, 2.75) is 56.1 Å². The predicted octanol–water partition coefficient (Wildman–Crippen LogP) is 3.04. The highest BCUT2D eigenvalue weighted by Gasteiger charge is 2.28. The molecule has 2 aliphatic rings. The van der Waals surface area contributed by atoms with Gasteiger partial charge in [0.1, 0.15) is 0 Å². The van der Waals surface area contributed by atoms with E-state index in [-0.39, 0.29) is 16.8 Å². The van der Waals surface area contributed by atoms with E-state index in [0.717, 1.165) is 38.0 Å². The zero-order chi connectivity index (χ0) is 21.0. The van der Waals surface area contributed by atoms with E-state index in [4.69, 9.17) is 0 Å². The van der Waals surface area contributed by atoms with Crippen molar-refractivity contribution < 1.29 is 13.2 Å². The van der Waals surface area contributed by atoms with Crippen molar-refractivity contribution >= 4 is 15.9 Å². The van der Waals surface area contributed by atoms with Gasteiger partial charge >= 0.3 is 0 Å². The van der Waals surface area contributed by atoms with Crippen LogP contribution in [0.5, 0.6) is 0 Å². The van der Waals surface area contributed by atoms with Gasteiger partial charge in [0, 0.05) is 24.7 Å². The quantitative estimate of drug-likeness (QED) is 0.679. The van der Waals surface area contributed by atoms with Gasteiger partial charge in [0.15, 0.2) is 0 Å². The molecule has 30 heavy (non-hydrogen) atoms. The molecule has 2 aromatic rings. The fourth-order valence-electron chi connectivity index (χ4n) is 3.81. The molecule has 4 rings (SSSR count). The van der Waals surface area contributed by atoms with Gasteiger partial charge in [0.25, 0.3) is 5.91 Å². The zero-order valence-corrected chi connectivity index (χ0v) is 18.0. The number of rotatable bonds is 8. The van der Waals surface area contributed by atoms with Crippen LogP contribution in [-0.2, 0) is 23.1 Å². The molecule has 2 fully saturated rings. The Morgan fingerprint density at radius 1 is 0.967 bits per heavy atom. The molecule has 1 saturated carbocycles. The Morgan fingerprint density at radius 2 is 1.70 bits per heavy atom. The number of benzene rings is 2. The highest BCUT2D eigenvalue weighted by atomic mass is 32.2. The molecule has 1 aliphatic carbocycles. The Morgan fingerprint density at radius 3 is 2.43 bits per heavy atom. The van der Waals surface area contributed by atoms with E-state index in [1.165, 1.54) is 37.0 Å². The van der Waals surface area contributed by atoms with E-state index >= 15 is 0 Å². The Bertz CT molecular complexity index is 996. The monoisotopic (exact) mass is 427 g/mol. The molecular formula is C23H29N3O3S. The fourth-order valence-corrected chi connectivity index (χ4v) is 5.16. The lowest BCUT2D eigenvalue weighted by molar-refractivity contribution is 0.0950. The van der Waals surface area contributed by atoms with Crippen molar-refractivity contribution in [3.8, 4) is 0 Å². The highest BCUT2D eigenvalue weighted by molar-refractivity contribution is 7.89. The molecule has 1 heterocycles. The first-order valence-electron chi connectivity index (χ1n) is 10.7. The average Bonchev–Trinajstić information content (AvgIpc) is 3.57. The van der Waals surface area contributed by atoms with E-state index in [9.17, 15) is 13.2 Å². The minimum atomic E-state index is -3.58. The molecule has 160 valence electrons. The molecule has 7 heteroatoms. The molecule has 0 bridgehead atoms. The van der Waals surface area contributed by atoms with Crippen LogP contribution in [0, 0.1) is 0 Å². The van der Waals surface area contributed by atoms with Crippen LogP contribution in [-0.4, -0.2) is 38.4 Å². The third kappa shape index (κ3) is 5.47. The number of hydrogen-bond acceptors (Lipinski definition) is 4. The summed E-state index contributed by atoms with van der Waals surface area (Å²) in [5, 5.41) is 2.95. The third-order valence-electron chi connectivity index (χ3n) is 5.71. The molecular weight excluding hydrogens is 398 g/mol. The summed E-state index contributed by atoms with van der Waals surface area (Å²) in [6, 6.07) is 14.4. The first-order valence-corrected chi connectivity index (χ1v) is 12.2. The van der Waals surface area contributed by atoms with Crippen LogP contribution in [0.1, 0.15) is 53.6 Å². The number of carbonyl (C=O) groups excluding carboxylic acids is 1. The number of piperidine rings is 1. The maximum absolute atomic E-state index is 12.7. The lowest BCUT2D eigenvalue weighted by Crippen LogP contribution is -2.30. The molecule has 0 radical (unpaired) electrons.